The van der Waals surface area contributed by atoms with E-state index >= 15 is 0 Å². The number of Topliss-reactive ketones (excluding diaryl/α,β-unsaturated/α-hetero) is 1. The highest BCUT2D eigenvalue weighted by molar-refractivity contribution is 6.28. The van der Waals surface area contributed by atoms with E-state index in [9.17, 15) is 9.59 Å². The molecule has 0 aliphatic rings. The van der Waals surface area contributed by atoms with Crippen LogP contribution in [0.5, 0.6) is 0 Å². The second-order valence-corrected chi connectivity index (χ2v) is 2.12. The Morgan fingerprint density at radius 1 is 1.88 bits per heavy atom. The van der Waals surface area contributed by atoms with Crippen molar-refractivity contribution in [2.75, 3.05) is 0 Å². The van der Waals surface area contributed by atoms with E-state index in [1.807, 2.05) is 0 Å². The predicted octanol–water partition coefficient (Wildman–Crippen LogP) is 0.772. The number of hydrogen-bond donors (Lipinski definition) is 0. The van der Waals surface area contributed by atoms with E-state index in [4.69, 9.17) is 11.6 Å². The Balaban J connectivity index is 3.38. The number of rotatable bonds is 3. The third-order valence-corrected chi connectivity index (χ3v) is 0.887. The Hall–Kier alpha value is -0.370. The Labute approximate surface area is 52.8 Å². The summed E-state index contributed by atoms with van der Waals surface area (Å²) >= 11 is 5.27. The van der Waals surface area contributed by atoms with Crippen LogP contribution in [0.2, 0.25) is 0 Å². The Morgan fingerprint density at radius 2 is 2.38 bits per heavy atom. The number of ketones is 1. The van der Waals surface area contributed by atoms with E-state index in [1.165, 1.54) is 6.92 Å². The first-order valence-corrected chi connectivity index (χ1v) is 2.69. The smallest absolute Gasteiger partial charge is 0.138 e. The van der Waals surface area contributed by atoms with Crippen LogP contribution in [0.25, 0.3) is 0 Å². The molecule has 8 heavy (non-hydrogen) atoms. The van der Waals surface area contributed by atoms with Gasteiger partial charge in [0, 0.05) is 6.42 Å². The zero-order valence-electron chi connectivity index (χ0n) is 4.56. The number of carbonyl (C=O) groups is 2. The molecule has 0 aromatic rings. The summed E-state index contributed by atoms with van der Waals surface area (Å²) in [5.74, 6) is -0.0582. The molecular weight excluding hydrogens is 128 g/mol. The van der Waals surface area contributed by atoms with Gasteiger partial charge in [0.15, 0.2) is 0 Å². The molecule has 46 valence electrons. The van der Waals surface area contributed by atoms with Gasteiger partial charge in [0.1, 0.15) is 12.1 Å². The molecule has 0 N–H and O–H groups in total. The summed E-state index contributed by atoms with van der Waals surface area (Å²) in [6.45, 7) is 1.40. The first-order chi connectivity index (χ1) is 3.66. The molecule has 0 aliphatic carbocycles. The van der Waals surface area contributed by atoms with Crippen LogP contribution in [-0.2, 0) is 9.59 Å². The van der Waals surface area contributed by atoms with Crippen molar-refractivity contribution < 1.29 is 9.59 Å². The second kappa shape index (κ2) is 3.61. The van der Waals surface area contributed by atoms with Crippen molar-refractivity contribution in [2.45, 2.75) is 18.7 Å². The Morgan fingerprint density at radius 3 is 2.50 bits per heavy atom. The fourth-order valence-electron chi connectivity index (χ4n) is 0.323. The lowest BCUT2D eigenvalue weighted by molar-refractivity contribution is -0.118. The maximum absolute atomic E-state index is 10.2. The second-order valence-electron chi connectivity index (χ2n) is 1.56. The Bertz CT molecular complexity index is 101. The van der Waals surface area contributed by atoms with Crippen LogP contribution in [0.4, 0.5) is 0 Å². The molecule has 0 rings (SSSR count). The van der Waals surface area contributed by atoms with Gasteiger partial charge in [-0.1, -0.05) is 0 Å². The van der Waals surface area contributed by atoms with Crippen LogP contribution in [0.3, 0.4) is 0 Å². The van der Waals surface area contributed by atoms with Crippen LogP contribution in [0.1, 0.15) is 13.3 Å². The minimum Gasteiger partial charge on any atom is -0.302 e. The van der Waals surface area contributed by atoms with Crippen molar-refractivity contribution >= 4 is 23.7 Å². The van der Waals surface area contributed by atoms with E-state index in [2.05, 4.69) is 0 Å². The van der Waals surface area contributed by atoms with Crippen LogP contribution in [0.15, 0.2) is 0 Å². The first kappa shape index (κ1) is 7.63. The van der Waals surface area contributed by atoms with Crippen molar-refractivity contribution in [1.82, 2.24) is 0 Å². The van der Waals surface area contributed by atoms with E-state index in [0.717, 1.165) is 0 Å². The number of carbonyl (C=O) groups excluding carboxylic acids is 2. The topological polar surface area (TPSA) is 34.1 Å². The van der Waals surface area contributed by atoms with Gasteiger partial charge < -0.3 is 4.79 Å². The molecule has 2 nitrogen and oxygen atoms in total. The molecule has 0 heterocycles. The van der Waals surface area contributed by atoms with Gasteiger partial charge in [-0.05, 0) is 6.92 Å². The molecular formula is C5H7ClO2. The average molecular weight is 135 g/mol. The zero-order chi connectivity index (χ0) is 6.57. The number of hydrogen-bond acceptors (Lipinski definition) is 2. The molecule has 0 amide bonds. The van der Waals surface area contributed by atoms with Gasteiger partial charge in [-0.2, -0.15) is 0 Å². The summed E-state index contributed by atoms with van der Waals surface area (Å²) in [6, 6.07) is 0. The third-order valence-electron chi connectivity index (χ3n) is 0.630. The number of alkyl halides is 1. The van der Waals surface area contributed by atoms with Crippen LogP contribution < -0.4 is 0 Å². The summed E-state index contributed by atoms with van der Waals surface area (Å²) in [5.41, 5.74) is 0. The van der Waals surface area contributed by atoms with E-state index in [0.29, 0.717) is 6.29 Å². The van der Waals surface area contributed by atoms with Gasteiger partial charge in [-0.15, -0.1) is 11.6 Å². The normalized spacial score (nSPS) is 12.8. The molecule has 0 aliphatic heterocycles. The molecule has 0 saturated heterocycles. The van der Waals surface area contributed by atoms with Crippen molar-refractivity contribution in [2.24, 2.45) is 0 Å². The Kier molecular flexibility index (Phi) is 3.44. The SMILES string of the molecule is CC(=O)CC(Cl)C=O. The predicted molar refractivity (Wildman–Crippen MR) is 31.0 cm³/mol. The molecule has 0 aromatic heterocycles. The molecule has 0 radical (unpaired) electrons. The molecule has 0 spiro atoms. The van der Waals surface area contributed by atoms with E-state index < -0.39 is 5.38 Å². The molecule has 0 aromatic carbocycles. The molecule has 3 heteroatoms. The maximum Gasteiger partial charge on any atom is 0.138 e. The summed E-state index contributed by atoms with van der Waals surface area (Å²) in [6.07, 6.45) is 0.702. The van der Waals surface area contributed by atoms with Crippen molar-refractivity contribution in [3.63, 3.8) is 0 Å². The largest absolute Gasteiger partial charge is 0.302 e. The lowest BCUT2D eigenvalue weighted by Crippen LogP contribution is -2.04. The van der Waals surface area contributed by atoms with Crippen molar-refractivity contribution in [3.05, 3.63) is 0 Å². The molecule has 0 fully saturated rings. The lowest BCUT2D eigenvalue weighted by Gasteiger charge is -1.92. The highest BCUT2D eigenvalue weighted by atomic mass is 35.5. The molecule has 1 unspecified atom stereocenters. The third kappa shape index (κ3) is 3.81. The van der Waals surface area contributed by atoms with Crippen molar-refractivity contribution in [1.29, 1.82) is 0 Å². The summed E-state index contributed by atoms with van der Waals surface area (Å²) < 4.78 is 0. The van der Waals surface area contributed by atoms with Gasteiger partial charge >= 0.3 is 0 Å². The summed E-state index contributed by atoms with van der Waals surface area (Å²) in [5, 5.41) is -0.632. The quantitative estimate of drug-likeness (QED) is 0.422. The summed E-state index contributed by atoms with van der Waals surface area (Å²) in [4.78, 5) is 19.9. The number of halogens is 1. The standard InChI is InChI=1S/C5H7ClO2/c1-4(8)2-5(6)3-7/h3,5H,2H2,1H3. The lowest BCUT2D eigenvalue weighted by atomic mass is 10.2. The maximum atomic E-state index is 10.2. The van der Waals surface area contributed by atoms with Gasteiger partial charge in [0.05, 0.1) is 5.38 Å². The molecule has 0 saturated carbocycles. The monoisotopic (exact) mass is 134 g/mol. The summed E-state index contributed by atoms with van der Waals surface area (Å²) in [7, 11) is 0. The molecule has 1 atom stereocenters. The fraction of sp³-hybridized carbons (Fsp3) is 0.600. The number of aldehydes is 1. The van der Waals surface area contributed by atoms with Crippen LogP contribution in [-0.4, -0.2) is 17.4 Å². The fourth-order valence-corrected chi connectivity index (χ4v) is 0.540. The minimum atomic E-state index is -0.632. The van der Waals surface area contributed by atoms with Crippen LogP contribution in [0, 0.1) is 0 Å². The van der Waals surface area contributed by atoms with Crippen molar-refractivity contribution in [3.8, 4) is 0 Å². The van der Waals surface area contributed by atoms with E-state index in [-0.39, 0.29) is 12.2 Å². The zero-order valence-corrected chi connectivity index (χ0v) is 5.31. The van der Waals surface area contributed by atoms with Gasteiger partial charge in [-0.3, -0.25) is 4.79 Å². The van der Waals surface area contributed by atoms with E-state index in [1.54, 1.807) is 0 Å². The van der Waals surface area contributed by atoms with Crippen LogP contribution >= 0.6 is 11.6 Å². The first-order valence-electron chi connectivity index (χ1n) is 2.25. The highest BCUT2D eigenvalue weighted by Gasteiger charge is 2.03. The minimum absolute atomic E-state index is 0.0582. The van der Waals surface area contributed by atoms with Gasteiger partial charge in [-0.25, -0.2) is 0 Å². The van der Waals surface area contributed by atoms with Gasteiger partial charge in [0.25, 0.3) is 0 Å². The van der Waals surface area contributed by atoms with Gasteiger partial charge in [0.2, 0.25) is 0 Å². The average Bonchev–Trinajstić information content (AvgIpc) is 1.65. The molecule has 0 bridgehead atoms. The highest BCUT2D eigenvalue weighted by Crippen LogP contribution is 1.97.